The monoisotopic (exact) mass is 675 g/mol. The number of hydrogen-bond acceptors (Lipinski definition) is 5. The molecule has 260 valence electrons. The second-order valence-corrected chi connectivity index (χ2v) is 13.6. The Labute approximate surface area is 294 Å². The number of halogens is 1. The number of aromatic nitrogens is 1. The number of nitrogens with one attached hydrogen (secondary N) is 2. The van der Waals surface area contributed by atoms with Crippen LogP contribution in [0.3, 0.4) is 0 Å². The molecule has 5 rings (SSSR count). The van der Waals surface area contributed by atoms with E-state index in [-0.39, 0.29) is 36.9 Å². The van der Waals surface area contributed by atoms with Crippen molar-refractivity contribution in [1.29, 1.82) is 0 Å². The molecule has 1 amide bonds. The van der Waals surface area contributed by atoms with Crippen LogP contribution in [0.15, 0.2) is 121 Å². The average Bonchev–Trinajstić information content (AvgIpc) is 3.51. The summed E-state index contributed by atoms with van der Waals surface area (Å²) in [6.07, 6.45) is 1.64. The molecule has 0 radical (unpaired) electrons. The molecule has 5 aromatic rings. The summed E-state index contributed by atoms with van der Waals surface area (Å²) in [6.45, 7) is 9.63. The highest BCUT2D eigenvalue weighted by Crippen LogP contribution is 2.37. The first-order valence-electron chi connectivity index (χ1n) is 17.0. The number of amides is 1. The standard InChI is InChI=1S/C42H46FN3O4/c1-30-20-21-35(43)25-36(30)34-24-38(46(27-34)26-31-14-8-5-9-15-31)39(42(2,3)4)44-23-22-37(40(47)49-28-32-16-10-6-11-17-32)45-41(48)50-29-33-18-12-7-13-19-33/h5-21,24-25,27,37,39,44H,22-23,26,28-29H2,1-4H3,(H,45,48)/t37-,39-/m0/s1. The highest BCUT2D eigenvalue weighted by atomic mass is 19.1. The first-order valence-corrected chi connectivity index (χ1v) is 17.0. The quantitative estimate of drug-likeness (QED) is 0.115. The molecule has 50 heavy (non-hydrogen) atoms. The van der Waals surface area contributed by atoms with Gasteiger partial charge in [-0.2, -0.15) is 0 Å². The topological polar surface area (TPSA) is 81.6 Å². The van der Waals surface area contributed by atoms with Crippen molar-refractivity contribution in [2.24, 2.45) is 5.41 Å². The Bertz CT molecular complexity index is 1840. The van der Waals surface area contributed by atoms with Gasteiger partial charge in [0, 0.05) is 24.0 Å². The van der Waals surface area contributed by atoms with E-state index in [2.05, 4.69) is 60.4 Å². The molecule has 1 heterocycles. The van der Waals surface area contributed by atoms with Gasteiger partial charge in [0.1, 0.15) is 25.1 Å². The fraction of sp³-hybridized carbons (Fsp3) is 0.286. The maximum absolute atomic E-state index is 14.4. The Morgan fingerprint density at radius 2 is 1.36 bits per heavy atom. The lowest BCUT2D eigenvalue weighted by Gasteiger charge is -2.33. The van der Waals surface area contributed by atoms with Gasteiger partial charge in [-0.1, -0.05) is 118 Å². The van der Waals surface area contributed by atoms with Gasteiger partial charge in [0.2, 0.25) is 0 Å². The number of alkyl carbamates (subject to hydrolysis) is 1. The summed E-state index contributed by atoms with van der Waals surface area (Å²) in [7, 11) is 0. The number of hydrogen-bond donors (Lipinski definition) is 2. The second-order valence-electron chi connectivity index (χ2n) is 13.6. The lowest BCUT2D eigenvalue weighted by Crippen LogP contribution is -2.44. The molecular formula is C42H46FN3O4. The molecular weight excluding hydrogens is 629 g/mol. The number of carbonyl (C=O) groups excluding carboxylic acids is 2. The third kappa shape index (κ3) is 10.2. The zero-order chi connectivity index (χ0) is 35.5. The predicted molar refractivity (Wildman–Crippen MR) is 195 cm³/mol. The van der Waals surface area contributed by atoms with E-state index >= 15 is 0 Å². The molecule has 0 saturated carbocycles. The van der Waals surface area contributed by atoms with E-state index in [1.807, 2.05) is 85.8 Å². The number of carbonyl (C=O) groups is 2. The largest absolute Gasteiger partial charge is 0.459 e. The summed E-state index contributed by atoms with van der Waals surface area (Å²) in [5, 5.41) is 6.43. The molecule has 0 spiro atoms. The van der Waals surface area contributed by atoms with Gasteiger partial charge in [-0.25, -0.2) is 14.0 Å². The van der Waals surface area contributed by atoms with Gasteiger partial charge in [0.25, 0.3) is 0 Å². The molecule has 0 aliphatic heterocycles. The number of aryl methyl sites for hydroxylation is 1. The summed E-state index contributed by atoms with van der Waals surface area (Å²) in [5.41, 5.74) is 6.34. The maximum Gasteiger partial charge on any atom is 0.408 e. The van der Waals surface area contributed by atoms with Crippen LogP contribution in [0.5, 0.6) is 0 Å². The van der Waals surface area contributed by atoms with Gasteiger partial charge < -0.3 is 24.7 Å². The lowest BCUT2D eigenvalue weighted by molar-refractivity contribution is -0.147. The Hall–Kier alpha value is -5.21. The SMILES string of the molecule is Cc1ccc(F)cc1-c1cc([C@H](NCC[C@H](NC(=O)OCc2ccccc2)C(=O)OCc2ccccc2)C(C)(C)C)n(Cc2ccccc2)c1. The first kappa shape index (κ1) is 36.1. The Morgan fingerprint density at radius 1 is 0.780 bits per heavy atom. The zero-order valence-corrected chi connectivity index (χ0v) is 29.2. The Kier molecular flexibility index (Phi) is 12.2. The molecule has 0 bridgehead atoms. The van der Waals surface area contributed by atoms with Crippen LogP contribution in [-0.4, -0.2) is 29.2 Å². The number of ether oxygens (including phenoxy) is 2. The molecule has 0 fully saturated rings. The number of rotatable bonds is 14. The van der Waals surface area contributed by atoms with Crippen molar-refractivity contribution in [3.05, 3.63) is 155 Å². The van der Waals surface area contributed by atoms with Crippen LogP contribution in [-0.2, 0) is 34.0 Å². The predicted octanol–water partition coefficient (Wildman–Crippen LogP) is 8.76. The molecule has 2 atom stereocenters. The van der Waals surface area contributed by atoms with Gasteiger partial charge in [0.05, 0.1) is 6.04 Å². The maximum atomic E-state index is 14.4. The number of esters is 1. The van der Waals surface area contributed by atoms with Gasteiger partial charge >= 0.3 is 12.1 Å². The summed E-state index contributed by atoms with van der Waals surface area (Å²) in [4.78, 5) is 26.3. The van der Waals surface area contributed by atoms with E-state index in [1.54, 1.807) is 12.1 Å². The van der Waals surface area contributed by atoms with E-state index in [9.17, 15) is 14.0 Å². The van der Waals surface area contributed by atoms with Gasteiger partial charge in [0.15, 0.2) is 0 Å². The normalized spacial score (nSPS) is 12.6. The van der Waals surface area contributed by atoms with E-state index in [0.29, 0.717) is 13.1 Å². The molecule has 0 aliphatic rings. The molecule has 8 heteroatoms. The molecule has 0 saturated heterocycles. The average molecular weight is 676 g/mol. The summed E-state index contributed by atoms with van der Waals surface area (Å²) < 4.78 is 27.7. The van der Waals surface area contributed by atoms with Crippen molar-refractivity contribution < 1.29 is 23.5 Å². The van der Waals surface area contributed by atoms with E-state index in [0.717, 1.165) is 39.1 Å². The van der Waals surface area contributed by atoms with Crippen LogP contribution in [0.1, 0.15) is 61.2 Å². The number of benzene rings is 4. The van der Waals surface area contributed by atoms with Crippen molar-refractivity contribution in [3.8, 4) is 11.1 Å². The summed E-state index contributed by atoms with van der Waals surface area (Å²) >= 11 is 0. The molecule has 0 aliphatic carbocycles. The second kappa shape index (κ2) is 16.9. The molecule has 1 aromatic heterocycles. The highest BCUT2D eigenvalue weighted by Gasteiger charge is 2.31. The van der Waals surface area contributed by atoms with Crippen molar-refractivity contribution in [1.82, 2.24) is 15.2 Å². The lowest BCUT2D eigenvalue weighted by atomic mass is 9.84. The third-order valence-corrected chi connectivity index (χ3v) is 8.59. The third-order valence-electron chi connectivity index (χ3n) is 8.59. The minimum Gasteiger partial charge on any atom is -0.459 e. The minimum absolute atomic E-state index is 0.0777. The summed E-state index contributed by atoms with van der Waals surface area (Å²) in [6, 6.07) is 34.8. The van der Waals surface area contributed by atoms with Crippen molar-refractivity contribution >= 4 is 12.1 Å². The fourth-order valence-corrected chi connectivity index (χ4v) is 5.95. The highest BCUT2D eigenvalue weighted by molar-refractivity contribution is 5.81. The van der Waals surface area contributed by atoms with Crippen LogP contribution < -0.4 is 10.6 Å². The van der Waals surface area contributed by atoms with Crippen LogP contribution >= 0.6 is 0 Å². The molecule has 0 unspecified atom stereocenters. The first-order chi connectivity index (χ1) is 24.1. The summed E-state index contributed by atoms with van der Waals surface area (Å²) in [5.74, 6) is -0.829. The molecule has 2 N–H and O–H groups in total. The van der Waals surface area contributed by atoms with Crippen LogP contribution in [0.4, 0.5) is 9.18 Å². The zero-order valence-electron chi connectivity index (χ0n) is 29.2. The number of nitrogens with zero attached hydrogens (tertiary/aromatic N) is 1. The van der Waals surface area contributed by atoms with Crippen LogP contribution in [0.2, 0.25) is 0 Å². The van der Waals surface area contributed by atoms with E-state index in [4.69, 9.17) is 9.47 Å². The fourth-order valence-electron chi connectivity index (χ4n) is 5.95. The van der Waals surface area contributed by atoms with Crippen LogP contribution in [0.25, 0.3) is 11.1 Å². The Morgan fingerprint density at radius 3 is 1.96 bits per heavy atom. The molecule has 4 aromatic carbocycles. The minimum atomic E-state index is -0.947. The van der Waals surface area contributed by atoms with Crippen molar-refractivity contribution in [3.63, 3.8) is 0 Å². The van der Waals surface area contributed by atoms with Gasteiger partial charge in [-0.3, -0.25) is 0 Å². The Balaban J connectivity index is 1.36. The van der Waals surface area contributed by atoms with Gasteiger partial charge in [-0.15, -0.1) is 0 Å². The van der Waals surface area contributed by atoms with E-state index < -0.39 is 18.1 Å². The smallest absolute Gasteiger partial charge is 0.408 e. The molecule has 7 nitrogen and oxygen atoms in total. The van der Waals surface area contributed by atoms with Gasteiger partial charge in [-0.05, 0) is 71.3 Å². The van der Waals surface area contributed by atoms with Crippen molar-refractivity contribution in [2.75, 3.05) is 6.54 Å². The van der Waals surface area contributed by atoms with Crippen LogP contribution in [0, 0.1) is 18.2 Å². The van der Waals surface area contributed by atoms with E-state index in [1.165, 1.54) is 6.07 Å². The van der Waals surface area contributed by atoms with Crippen molar-refractivity contribution in [2.45, 2.75) is 66.0 Å².